The Balaban J connectivity index is 0.000000196. The number of piperidine rings is 2. The first-order chi connectivity index (χ1) is 31.8. The number of aromatic nitrogens is 2. The van der Waals surface area contributed by atoms with Crippen molar-refractivity contribution in [3.8, 4) is 22.5 Å². The van der Waals surface area contributed by atoms with Gasteiger partial charge in [-0.15, -0.1) is 0 Å². The summed E-state index contributed by atoms with van der Waals surface area (Å²) in [5, 5.41) is 38.7. The first kappa shape index (κ1) is 52.1. The van der Waals surface area contributed by atoms with Crippen LogP contribution in [-0.2, 0) is 26.5 Å². The number of nitrogens with one attached hydrogen (secondary N) is 1. The Hall–Kier alpha value is -4.23. The van der Waals surface area contributed by atoms with Crippen molar-refractivity contribution >= 4 is 17.4 Å². The second kappa shape index (κ2) is 22.5. The lowest BCUT2D eigenvalue weighted by molar-refractivity contribution is -0.119. The highest BCUT2D eigenvalue weighted by atomic mass is 16.3. The number of Topliss-reactive ketones (excluding diaryl/α,β-unsaturated/α-hetero) is 1. The number of carbonyl (C=O) groups excluding carboxylic acids is 1. The quantitative estimate of drug-likeness (QED) is 0.0808. The smallest absolute Gasteiger partial charge is 0.136 e. The van der Waals surface area contributed by atoms with Crippen molar-refractivity contribution in [2.75, 3.05) is 62.3 Å². The predicted octanol–water partition coefficient (Wildman–Crippen LogP) is 8.35. The van der Waals surface area contributed by atoms with Gasteiger partial charge in [-0.1, -0.05) is 91.8 Å². The van der Waals surface area contributed by atoms with E-state index in [4.69, 9.17) is 31.0 Å². The molecule has 0 amide bonds. The van der Waals surface area contributed by atoms with Crippen LogP contribution < -0.4 is 20.9 Å². The molecule has 2 fully saturated rings. The molecule has 11 nitrogen and oxygen atoms in total. The number of anilines is 2. The fourth-order valence-electron chi connectivity index (χ4n) is 10.1. The number of pyridine rings is 2. The fourth-order valence-corrected chi connectivity index (χ4v) is 10.1. The van der Waals surface area contributed by atoms with Gasteiger partial charge in [-0.2, -0.15) is 0 Å². The van der Waals surface area contributed by atoms with E-state index in [2.05, 4.69) is 143 Å². The summed E-state index contributed by atoms with van der Waals surface area (Å²) < 4.78 is 0. The summed E-state index contributed by atoms with van der Waals surface area (Å²) in [6, 6.07) is 27.0. The van der Waals surface area contributed by atoms with Gasteiger partial charge in [-0.25, -0.2) is 9.97 Å². The second-order valence-electron chi connectivity index (χ2n) is 22.1. The maximum atomic E-state index is 11.5. The van der Waals surface area contributed by atoms with Crippen LogP contribution in [0.3, 0.4) is 0 Å². The van der Waals surface area contributed by atoms with Crippen LogP contribution in [0.2, 0.25) is 0 Å². The number of hydrogen-bond donors (Lipinski definition) is 6. The van der Waals surface area contributed by atoms with Gasteiger partial charge in [0.2, 0.25) is 0 Å². The molecule has 2 atom stereocenters. The summed E-state index contributed by atoms with van der Waals surface area (Å²) in [4.78, 5) is 26.2. The zero-order chi connectivity index (χ0) is 48.6. The molecule has 0 spiro atoms. The fraction of sp³-hybridized carbons (Fsp3) is 0.589. The van der Waals surface area contributed by atoms with Gasteiger partial charge in [0.05, 0.1) is 36.8 Å². The summed E-state index contributed by atoms with van der Waals surface area (Å²) in [5.74, 6) is 2.40. The molecule has 2 aliphatic carbocycles. The molecule has 7 N–H and O–H groups in total. The lowest BCUT2D eigenvalue weighted by Crippen LogP contribution is -2.43. The summed E-state index contributed by atoms with van der Waals surface area (Å²) in [6.07, 6.45) is 8.10. The van der Waals surface area contributed by atoms with Crippen LogP contribution in [0.15, 0.2) is 72.8 Å². The Labute approximate surface area is 401 Å². The number of aliphatic hydroxyl groups is 4. The maximum absolute atomic E-state index is 11.5. The minimum absolute atomic E-state index is 0.165. The van der Waals surface area contributed by atoms with Crippen molar-refractivity contribution in [3.63, 3.8) is 0 Å². The number of fused-ring (bicyclic) bond motifs is 2. The summed E-state index contributed by atoms with van der Waals surface area (Å²) in [6.45, 7) is 23.2. The Morgan fingerprint density at radius 3 is 1.45 bits per heavy atom. The Morgan fingerprint density at radius 1 is 0.612 bits per heavy atom. The van der Waals surface area contributed by atoms with E-state index in [1.54, 1.807) is 0 Å². The first-order valence-electron chi connectivity index (χ1n) is 25.0. The molecule has 11 heteroatoms. The van der Waals surface area contributed by atoms with Crippen LogP contribution in [0.1, 0.15) is 142 Å². The minimum Gasteiger partial charge on any atom is -0.394 e. The maximum Gasteiger partial charge on any atom is 0.136 e. The number of carbonyl (C=O) groups is 1. The molecule has 2 aromatic carbocycles. The largest absolute Gasteiger partial charge is 0.394 e. The first-order valence-corrected chi connectivity index (χ1v) is 25.0. The van der Waals surface area contributed by atoms with E-state index < -0.39 is 12.2 Å². The Bertz CT molecular complexity index is 2240. The van der Waals surface area contributed by atoms with Crippen LogP contribution in [0.4, 0.5) is 11.6 Å². The van der Waals surface area contributed by atoms with E-state index in [-0.39, 0.29) is 34.9 Å². The van der Waals surface area contributed by atoms with Crippen molar-refractivity contribution in [1.29, 1.82) is 0 Å². The average Bonchev–Trinajstić information content (AvgIpc) is 3.33. The highest BCUT2D eigenvalue weighted by molar-refractivity contribution is 5.81. The molecular weight excluding hydrogens is 837 g/mol. The van der Waals surface area contributed by atoms with Crippen molar-refractivity contribution in [2.45, 2.75) is 160 Å². The number of hydrogen-bond acceptors (Lipinski definition) is 11. The number of ketones is 1. The van der Waals surface area contributed by atoms with Gasteiger partial charge < -0.3 is 41.3 Å². The van der Waals surface area contributed by atoms with Crippen LogP contribution in [0, 0.1) is 0 Å². The average molecular weight is 919 g/mol. The summed E-state index contributed by atoms with van der Waals surface area (Å²) in [5.41, 5.74) is 16.3. The summed E-state index contributed by atoms with van der Waals surface area (Å²) in [7, 11) is 0. The monoisotopic (exact) mass is 919 g/mol. The zero-order valence-corrected chi connectivity index (χ0v) is 42.0. The number of benzene rings is 2. The SMILES string of the molecule is CC1(C)CCC(C)(C)c2cc(-c3cccc(N4CCC(=O)CC4)n3)ccc21.CC1(C)CCC(C)(C)c2cc(-c3cccc(N4CCC(NCC[C@@H](O)CO)CC4)n3)ccc21.NCC[C@@H](O)CO. The van der Waals surface area contributed by atoms with Crippen LogP contribution >= 0.6 is 0 Å². The van der Waals surface area contributed by atoms with E-state index in [9.17, 15) is 9.90 Å². The molecule has 2 saturated heterocycles. The third-order valence-corrected chi connectivity index (χ3v) is 15.1. The second-order valence-corrected chi connectivity index (χ2v) is 22.1. The van der Waals surface area contributed by atoms with Crippen LogP contribution in [-0.4, -0.2) is 107 Å². The van der Waals surface area contributed by atoms with Crippen molar-refractivity contribution in [2.24, 2.45) is 5.73 Å². The van der Waals surface area contributed by atoms with E-state index in [1.807, 2.05) is 0 Å². The molecule has 2 aromatic heterocycles. The number of aliphatic hydroxyl groups excluding tert-OH is 4. The molecule has 67 heavy (non-hydrogen) atoms. The van der Waals surface area contributed by atoms with Gasteiger partial charge in [-0.05, 0) is 145 Å². The Kier molecular flexibility index (Phi) is 17.5. The molecule has 366 valence electrons. The highest BCUT2D eigenvalue weighted by Gasteiger charge is 2.38. The number of rotatable bonds is 12. The zero-order valence-electron chi connectivity index (χ0n) is 42.0. The lowest BCUT2D eigenvalue weighted by Gasteiger charge is -2.42. The molecule has 4 aliphatic rings. The van der Waals surface area contributed by atoms with E-state index in [0.29, 0.717) is 44.1 Å². The normalized spacial score (nSPS) is 20.3. The molecule has 8 rings (SSSR count). The van der Waals surface area contributed by atoms with Gasteiger partial charge in [0, 0.05) is 56.2 Å². The standard InChI is InChI=1S/C28H41N3O2.C24H30N2O.C4H11NO2/c1-27(2)13-14-28(3,4)24-18-20(8-9-23(24)27)25-6-5-7-26(30-25)31-16-11-21(12-17-31)29-15-10-22(33)19-32;1-23(2)12-13-24(3,4)20-16-17(8-9-19(20)23)21-6-5-7-22(25-21)26-14-10-18(27)11-15-26;5-2-1-4(7)3-6/h5-9,18,21-22,29,32-33H,10-17,19H2,1-4H3;5-9,16H,10-15H2,1-4H3;4,6-7H,1-3,5H2/t22-;;4-/m1.1/s1. The molecule has 4 heterocycles. The van der Waals surface area contributed by atoms with Crippen LogP contribution in [0.25, 0.3) is 22.5 Å². The van der Waals surface area contributed by atoms with Gasteiger partial charge in [-0.3, -0.25) is 4.79 Å². The molecular formula is C56H82N6O5. The third kappa shape index (κ3) is 13.3. The lowest BCUT2D eigenvalue weighted by atomic mass is 9.63. The predicted molar refractivity (Wildman–Crippen MR) is 274 cm³/mol. The van der Waals surface area contributed by atoms with E-state index in [0.717, 1.165) is 68.6 Å². The molecule has 2 aliphatic heterocycles. The molecule has 0 unspecified atom stereocenters. The topological polar surface area (TPSA) is 168 Å². The van der Waals surface area contributed by atoms with E-state index >= 15 is 0 Å². The van der Waals surface area contributed by atoms with Crippen molar-refractivity contribution < 1.29 is 25.2 Å². The van der Waals surface area contributed by atoms with Gasteiger partial charge in [0.25, 0.3) is 0 Å². The van der Waals surface area contributed by atoms with Crippen LogP contribution in [0.5, 0.6) is 0 Å². The molecule has 0 saturated carbocycles. The molecule has 0 bridgehead atoms. The van der Waals surface area contributed by atoms with Gasteiger partial charge in [0.1, 0.15) is 17.4 Å². The third-order valence-electron chi connectivity index (χ3n) is 15.1. The van der Waals surface area contributed by atoms with Crippen molar-refractivity contribution in [3.05, 3.63) is 95.1 Å². The minimum atomic E-state index is -0.621. The van der Waals surface area contributed by atoms with Crippen molar-refractivity contribution in [1.82, 2.24) is 15.3 Å². The Morgan fingerprint density at radius 2 is 1.03 bits per heavy atom. The number of nitrogens with zero attached hydrogens (tertiary/aromatic N) is 4. The number of nitrogens with two attached hydrogens (primary N) is 1. The molecule has 4 aromatic rings. The molecule has 0 radical (unpaired) electrons. The highest BCUT2D eigenvalue weighted by Crippen LogP contribution is 2.48. The summed E-state index contributed by atoms with van der Waals surface area (Å²) >= 11 is 0. The van der Waals surface area contributed by atoms with E-state index in [1.165, 1.54) is 59.1 Å². The van der Waals surface area contributed by atoms with Gasteiger partial charge in [0.15, 0.2) is 0 Å². The van der Waals surface area contributed by atoms with Gasteiger partial charge >= 0.3 is 0 Å².